The van der Waals surface area contributed by atoms with Crippen LogP contribution in [-0.4, -0.2) is 25.8 Å². The standard InChI is InChI=1S/C31H26FNO4/c1-35-30(34)29(36-21-24-17-23(20-33)18-28(32)19-24)22-37-31(25-11-5-2-6-12-25,26-13-7-3-8-14-26)27-15-9-4-10-16-27/h2-19,29H,21-22H2,1H3. The second-order valence-electron chi connectivity index (χ2n) is 8.37. The van der Waals surface area contributed by atoms with Crippen LogP contribution in [0.5, 0.6) is 0 Å². The fourth-order valence-corrected chi connectivity index (χ4v) is 4.28. The predicted molar refractivity (Wildman–Crippen MR) is 137 cm³/mol. The maximum absolute atomic E-state index is 13.9. The molecule has 37 heavy (non-hydrogen) atoms. The summed E-state index contributed by atoms with van der Waals surface area (Å²) in [5, 5.41) is 9.14. The highest BCUT2D eigenvalue weighted by Gasteiger charge is 2.39. The molecule has 0 aliphatic rings. The molecule has 0 saturated heterocycles. The van der Waals surface area contributed by atoms with Crippen molar-refractivity contribution >= 4 is 5.97 Å². The Morgan fingerprint density at radius 2 is 1.38 bits per heavy atom. The van der Waals surface area contributed by atoms with E-state index < -0.39 is 23.5 Å². The van der Waals surface area contributed by atoms with Crippen molar-refractivity contribution in [1.29, 1.82) is 5.26 Å². The van der Waals surface area contributed by atoms with Gasteiger partial charge >= 0.3 is 5.97 Å². The summed E-state index contributed by atoms with van der Waals surface area (Å²) in [5.41, 5.74) is 2.16. The normalized spacial score (nSPS) is 11.9. The molecule has 0 aliphatic carbocycles. The van der Waals surface area contributed by atoms with Crippen LogP contribution in [0.25, 0.3) is 0 Å². The molecule has 1 atom stereocenters. The molecule has 4 rings (SSSR count). The van der Waals surface area contributed by atoms with Crippen LogP contribution in [0.4, 0.5) is 4.39 Å². The summed E-state index contributed by atoms with van der Waals surface area (Å²) in [7, 11) is 1.27. The van der Waals surface area contributed by atoms with Crippen molar-refractivity contribution < 1.29 is 23.4 Å². The Balaban J connectivity index is 1.70. The van der Waals surface area contributed by atoms with Gasteiger partial charge in [-0.15, -0.1) is 0 Å². The lowest BCUT2D eigenvalue weighted by molar-refractivity contribution is -0.162. The van der Waals surface area contributed by atoms with E-state index in [0.29, 0.717) is 5.56 Å². The van der Waals surface area contributed by atoms with Gasteiger partial charge in [-0.2, -0.15) is 5.26 Å². The summed E-state index contributed by atoms with van der Waals surface area (Å²) in [6, 6.07) is 35.1. The molecule has 0 bridgehead atoms. The number of hydrogen-bond acceptors (Lipinski definition) is 5. The molecule has 4 aromatic carbocycles. The smallest absolute Gasteiger partial charge is 0.337 e. The molecule has 4 aromatic rings. The first-order valence-electron chi connectivity index (χ1n) is 11.8. The Kier molecular flexibility index (Phi) is 8.42. The van der Waals surface area contributed by atoms with Gasteiger partial charge in [-0.25, -0.2) is 9.18 Å². The Bertz CT molecular complexity index is 1260. The Morgan fingerprint density at radius 1 is 0.865 bits per heavy atom. The lowest BCUT2D eigenvalue weighted by Crippen LogP contribution is -2.39. The van der Waals surface area contributed by atoms with Gasteiger partial charge in [0.15, 0.2) is 6.10 Å². The minimum Gasteiger partial charge on any atom is -0.467 e. The van der Waals surface area contributed by atoms with E-state index in [1.165, 1.54) is 19.2 Å². The van der Waals surface area contributed by atoms with Crippen LogP contribution in [0.3, 0.4) is 0 Å². The lowest BCUT2D eigenvalue weighted by atomic mass is 9.80. The van der Waals surface area contributed by atoms with E-state index in [9.17, 15) is 9.18 Å². The molecule has 5 nitrogen and oxygen atoms in total. The quantitative estimate of drug-likeness (QED) is 0.207. The summed E-state index contributed by atoms with van der Waals surface area (Å²) in [5.74, 6) is -1.18. The third-order valence-corrected chi connectivity index (χ3v) is 5.99. The fourth-order valence-electron chi connectivity index (χ4n) is 4.28. The van der Waals surface area contributed by atoms with Crippen molar-refractivity contribution in [3.8, 4) is 6.07 Å². The first-order valence-corrected chi connectivity index (χ1v) is 11.8. The van der Waals surface area contributed by atoms with Crippen LogP contribution in [0.2, 0.25) is 0 Å². The van der Waals surface area contributed by atoms with E-state index in [1.807, 2.05) is 97.1 Å². The van der Waals surface area contributed by atoms with Crippen molar-refractivity contribution in [2.45, 2.75) is 18.3 Å². The van der Waals surface area contributed by atoms with Crippen LogP contribution in [0.1, 0.15) is 27.8 Å². The van der Waals surface area contributed by atoms with Crippen molar-refractivity contribution in [3.05, 3.63) is 143 Å². The highest BCUT2D eigenvalue weighted by molar-refractivity contribution is 5.74. The predicted octanol–water partition coefficient (Wildman–Crippen LogP) is 5.76. The zero-order valence-corrected chi connectivity index (χ0v) is 20.3. The molecule has 0 radical (unpaired) electrons. The van der Waals surface area contributed by atoms with Crippen molar-refractivity contribution in [3.63, 3.8) is 0 Å². The highest BCUT2D eigenvalue weighted by Crippen LogP contribution is 2.40. The number of hydrogen-bond donors (Lipinski definition) is 0. The van der Waals surface area contributed by atoms with Gasteiger partial charge in [-0.05, 0) is 40.5 Å². The van der Waals surface area contributed by atoms with Gasteiger partial charge in [-0.3, -0.25) is 0 Å². The molecule has 0 aromatic heterocycles. The van der Waals surface area contributed by atoms with E-state index in [2.05, 4.69) is 0 Å². The van der Waals surface area contributed by atoms with Crippen LogP contribution in [0.15, 0.2) is 109 Å². The van der Waals surface area contributed by atoms with Gasteiger partial charge in [0, 0.05) is 0 Å². The van der Waals surface area contributed by atoms with Crippen molar-refractivity contribution in [1.82, 2.24) is 0 Å². The van der Waals surface area contributed by atoms with E-state index in [0.717, 1.165) is 22.8 Å². The zero-order valence-electron chi connectivity index (χ0n) is 20.3. The van der Waals surface area contributed by atoms with E-state index >= 15 is 0 Å². The van der Waals surface area contributed by atoms with Gasteiger partial charge in [-0.1, -0.05) is 91.0 Å². The summed E-state index contributed by atoms with van der Waals surface area (Å²) < 4.78 is 31.4. The molecule has 0 spiro atoms. The molecule has 0 aliphatic heterocycles. The number of benzene rings is 4. The molecule has 0 heterocycles. The number of halogens is 1. The Morgan fingerprint density at radius 3 is 1.84 bits per heavy atom. The monoisotopic (exact) mass is 495 g/mol. The van der Waals surface area contributed by atoms with E-state index in [-0.39, 0.29) is 18.8 Å². The number of methoxy groups -OCH3 is 1. The second-order valence-corrected chi connectivity index (χ2v) is 8.37. The third kappa shape index (κ3) is 5.92. The molecular weight excluding hydrogens is 469 g/mol. The SMILES string of the molecule is COC(=O)C(COC(c1ccccc1)(c1ccccc1)c1ccccc1)OCc1cc(F)cc(C#N)c1. The van der Waals surface area contributed by atoms with Crippen LogP contribution < -0.4 is 0 Å². The van der Waals surface area contributed by atoms with Crippen molar-refractivity contribution in [2.24, 2.45) is 0 Å². The summed E-state index contributed by atoms with van der Waals surface area (Å²) >= 11 is 0. The molecular formula is C31H26FNO4. The molecule has 0 saturated carbocycles. The lowest BCUT2D eigenvalue weighted by Gasteiger charge is -2.36. The third-order valence-electron chi connectivity index (χ3n) is 5.99. The number of nitrogens with zero attached hydrogens (tertiary/aromatic N) is 1. The van der Waals surface area contributed by atoms with Crippen LogP contribution in [-0.2, 0) is 31.2 Å². The topological polar surface area (TPSA) is 68.6 Å². The van der Waals surface area contributed by atoms with Gasteiger partial charge in [0.25, 0.3) is 0 Å². The second kappa shape index (κ2) is 12.1. The number of carbonyl (C=O) groups is 1. The summed E-state index contributed by atoms with van der Waals surface area (Å²) in [4.78, 5) is 12.7. The van der Waals surface area contributed by atoms with Crippen LogP contribution in [0, 0.1) is 17.1 Å². The molecule has 1 unspecified atom stereocenters. The number of ether oxygens (including phenoxy) is 3. The fraction of sp³-hybridized carbons (Fsp3) is 0.161. The average molecular weight is 496 g/mol. The van der Waals surface area contributed by atoms with Gasteiger partial charge in [0.1, 0.15) is 11.4 Å². The first-order chi connectivity index (χ1) is 18.1. The molecule has 6 heteroatoms. The first kappa shape index (κ1) is 25.8. The minimum atomic E-state index is -1.10. The molecule has 186 valence electrons. The number of nitriles is 1. The molecule has 0 amide bonds. The summed E-state index contributed by atoms with van der Waals surface area (Å²) in [6.45, 7) is -0.254. The minimum absolute atomic E-state index is 0.107. The van der Waals surface area contributed by atoms with Gasteiger partial charge in [0.2, 0.25) is 0 Å². The number of rotatable bonds is 10. The Labute approximate surface area is 215 Å². The summed E-state index contributed by atoms with van der Waals surface area (Å²) in [6.07, 6.45) is -1.10. The van der Waals surface area contributed by atoms with E-state index in [1.54, 1.807) is 0 Å². The van der Waals surface area contributed by atoms with E-state index in [4.69, 9.17) is 19.5 Å². The Hall–Kier alpha value is -4.31. The number of carbonyl (C=O) groups excluding carboxylic acids is 1. The molecule has 0 fully saturated rings. The maximum Gasteiger partial charge on any atom is 0.337 e. The highest BCUT2D eigenvalue weighted by atomic mass is 19.1. The zero-order chi connectivity index (χ0) is 26.1. The molecule has 0 N–H and O–H groups in total. The largest absolute Gasteiger partial charge is 0.467 e. The van der Waals surface area contributed by atoms with Crippen LogP contribution >= 0.6 is 0 Å². The average Bonchev–Trinajstić information content (AvgIpc) is 2.96. The number of esters is 1. The van der Waals surface area contributed by atoms with Crippen molar-refractivity contribution in [2.75, 3.05) is 13.7 Å². The van der Waals surface area contributed by atoms with Gasteiger partial charge < -0.3 is 14.2 Å². The van der Waals surface area contributed by atoms with Gasteiger partial charge in [0.05, 0.1) is 32.0 Å². The maximum atomic E-state index is 13.9.